The smallest absolute Gasteiger partial charge is 0.317 e. The number of fused-ring (bicyclic) bond motifs is 1. The van der Waals surface area contributed by atoms with E-state index in [2.05, 4.69) is 26.2 Å². The van der Waals surface area contributed by atoms with E-state index in [1.54, 1.807) is 23.2 Å². The molecule has 1 spiro atoms. The van der Waals surface area contributed by atoms with Crippen LogP contribution >= 0.6 is 0 Å². The summed E-state index contributed by atoms with van der Waals surface area (Å²) in [6, 6.07) is 11.1. The molecular weight excluding hydrogens is 600 g/mol. The van der Waals surface area contributed by atoms with E-state index in [0.29, 0.717) is 37.2 Å². The number of nitrogens with one attached hydrogen (secondary N) is 4. The van der Waals surface area contributed by atoms with Crippen LogP contribution in [0, 0.1) is 5.41 Å². The van der Waals surface area contributed by atoms with Crippen LogP contribution in [0.15, 0.2) is 48.8 Å². The summed E-state index contributed by atoms with van der Waals surface area (Å²) in [6.45, 7) is 3.54. The summed E-state index contributed by atoms with van der Waals surface area (Å²) in [6.07, 6.45) is 9.14. The number of piperidine rings is 1. The van der Waals surface area contributed by atoms with Crippen molar-refractivity contribution in [1.29, 1.82) is 0 Å². The van der Waals surface area contributed by atoms with Crippen molar-refractivity contribution in [3.05, 3.63) is 59.9 Å². The molecule has 3 aliphatic heterocycles. The lowest BCUT2D eigenvalue weighted by Gasteiger charge is -2.33. The Bertz CT molecular complexity index is 1730. The van der Waals surface area contributed by atoms with Gasteiger partial charge in [0, 0.05) is 81.3 Å². The number of pyridine rings is 1. The zero-order valence-corrected chi connectivity index (χ0v) is 26.3. The Hall–Kier alpha value is -4.78. The summed E-state index contributed by atoms with van der Waals surface area (Å²) in [5, 5.41) is 11.6. The number of imide groups is 1. The fraction of sp³-hybridized carbons (Fsp3) is 0.471. The van der Waals surface area contributed by atoms with Crippen LogP contribution in [0.4, 0.5) is 4.79 Å². The van der Waals surface area contributed by atoms with Crippen molar-refractivity contribution in [2.75, 3.05) is 39.3 Å². The molecule has 4 N–H and O–H groups in total. The largest absolute Gasteiger partial charge is 0.351 e. The summed E-state index contributed by atoms with van der Waals surface area (Å²) in [7, 11) is 0. The van der Waals surface area contributed by atoms with Crippen LogP contribution in [0.3, 0.4) is 0 Å². The Morgan fingerprint density at radius 3 is 2.47 bits per heavy atom. The Morgan fingerprint density at radius 2 is 1.72 bits per heavy atom. The number of urea groups is 1. The second-order valence-corrected chi connectivity index (χ2v) is 13.3. The van der Waals surface area contributed by atoms with E-state index in [1.165, 1.54) is 0 Å². The summed E-state index contributed by atoms with van der Waals surface area (Å²) in [5.41, 5.74) is 2.62. The van der Waals surface area contributed by atoms with E-state index < -0.39 is 5.41 Å². The maximum Gasteiger partial charge on any atom is 0.317 e. The van der Waals surface area contributed by atoms with Crippen LogP contribution in [0.1, 0.15) is 65.7 Å². The number of hydrogen-bond acceptors (Lipinski definition) is 7. The molecular formula is C34H40N8O5. The third-order valence-corrected chi connectivity index (χ3v) is 10.1. The van der Waals surface area contributed by atoms with Gasteiger partial charge in [0.2, 0.25) is 11.8 Å². The highest BCUT2D eigenvalue weighted by atomic mass is 16.2. The van der Waals surface area contributed by atoms with E-state index in [0.717, 1.165) is 62.1 Å². The molecule has 47 heavy (non-hydrogen) atoms. The van der Waals surface area contributed by atoms with Crippen LogP contribution in [-0.2, 0) is 9.59 Å². The zero-order valence-electron chi connectivity index (χ0n) is 26.3. The molecule has 1 aromatic carbocycles. The SMILES string of the molecule is O=C1CC2(CCN(C(=O)NC3CCN(CCNC(=O)c4cccc(-c5cn6cc(C(=O)NC7CCC7)ccc6n5)c4)CC3)C2)C(=O)N1. The number of benzene rings is 1. The lowest BCUT2D eigenvalue weighted by molar-refractivity contribution is -0.128. The van der Waals surface area contributed by atoms with Crippen LogP contribution in [0.5, 0.6) is 0 Å². The summed E-state index contributed by atoms with van der Waals surface area (Å²) >= 11 is 0. The molecule has 0 bridgehead atoms. The van der Waals surface area contributed by atoms with Gasteiger partial charge in [0.25, 0.3) is 11.8 Å². The summed E-state index contributed by atoms with van der Waals surface area (Å²) in [5.74, 6) is -0.764. The molecule has 1 aliphatic carbocycles. The van der Waals surface area contributed by atoms with Crippen LogP contribution < -0.4 is 21.3 Å². The van der Waals surface area contributed by atoms with Crippen LogP contribution in [0.25, 0.3) is 16.9 Å². The van der Waals surface area contributed by atoms with Gasteiger partial charge < -0.3 is 30.2 Å². The van der Waals surface area contributed by atoms with Gasteiger partial charge in [0.05, 0.1) is 16.7 Å². The number of imidazole rings is 1. The molecule has 1 unspecified atom stereocenters. The lowest BCUT2D eigenvalue weighted by atomic mass is 9.85. The molecule has 4 fully saturated rings. The molecule has 13 nitrogen and oxygen atoms in total. The summed E-state index contributed by atoms with van der Waals surface area (Å²) in [4.78, 5) is 71.0. The highest BCUT2D eigenvalue weighted by molar-refractivity contribution is 6.06. The van der Waals surface area contributed by atoms with Crippen molar-refractivity contribution in [1.82, 2.24) is 40.5 Å². The van der Waals surface area contributed by atoms with Gasteiger partial charge in [-0.25, -0.2) is 9.78 Å². The topological polar surface area (TPSA) is 157 Å². The van der Waals surface area contributed by atoms with Crippen molar-refractivity contribution in [3.63, 3.8) is 0 Å². The van der Waals surface area contributed by atoms with Crippen molar-refractivity contribution in [3.8, 4) is 11.3 Å². The fourth-order valence-electron chi connectivity index (χ4n) is 6.97. The Balaban J connectivity index is 0.860. The predicted octanol–water partition coefficient (Wildman–Crippen LogP) is 1.93. The van der Waals surface area contributed by atoms with Crippen LogP contribution in [-0.4, -0.2) is 100 Å². The first kappa shape index (κ1) is 30.9. The number of nitrogens with zero attached hydrogens (tertiary/aromatic N) is 4. The minimum atomic E-state index is -0.767. The molecule has 6 amide bonds. The first-order valence-electron chi connectivity index (χ1n) is 16.6. The van der Waals surface area contributed by atoms with E-state index >= 15 is 0 Å². The number of aromatic nitrogens is 2. The van der Waals surface area contributed by atoms with E-state index in [1.807, 2.05) is 34.9 Å². The van der Waals surface area contributed by atoms with E-state index in [4.69, 9.17) is 4.98 Å². The molecule has 7 rings (SSSR count). The minimum Gasteiger partial charge on any atom is -0.351 e. The van der Waals surface area contributed by atoms with Gasteiger partial charge in [0.15, 0.2) is 0 Å². The number of hydrogen-bond donors (Lipinski definition) is 4. The zero-order chi connectivity index (χ0) is 32.5. The maximum absolute atomic E-state index is 13.0. The van der Waals surface area contributed by atoms with Gasteiger partial charge in [-0.3, -0.25) is 24.5 Å². The van der Waals surface area contributed by atoms with E-state index in [9.17, 15) is 24.0 Å². The van der Waals surface area contributed by atoms with Gasteiger partial charge in [0.1, 0.15) is 5.65 Å². The second-order valence-electron chi connectivity index (χ2n) is 13.3. The normalized spacial score (nSPS) is 22.0. The molecule has 5 heterocycles. The van der Waals surface area contributed by atoms with Crippen molar-refractivity contribution in [2.24, 2.45) is 5.41 Å². The van der Waals surface area contributed by atoms with Gasteiger partial charge in [-0.2, -0.15) is 0 Å². The van der Waals surface area contributed by atoms with E-state index in [-0.39, 0.29) is 54.7 Å². The quantitative estimate of drug-likeness (QED) is 0.274. The monoisotopic (exact) mass is 640 g/mol. The Morgan fingerprint density at radius 1 is 0.915 bits per heavy atom. The first-order chi connectivity index (χ1) is 22.7. The molecule has 3 aromatic rings. The number of carbonyl (C=O) groups is 5. The van der Waals surface area contributed by atoms with Gasteiger partial charge in [-0.15, -0.1) is 0 Å². The molecule has 0 radical (unpaired) electrons. The van der Waals surface area contributed by atoms with Crippen molar-refractivity contribution >= 4 is 35.3 Å². The first-order valence-corrected chi connectivity index (χ1v) is 16.6. The lowest BCUT2D eigenvalue weighted by Crippen LogP contribution is -2.50. The van der Waals surface area contributed by atoms with Crippen LogP contribution in [0.2, 0.25) is 0 Å². The average Bonchev–Trinajstić information content (AvgIpc) is 3.75. The molecule has 246 valence electrons. The highest BCUT2D eigenvalue weighted by Gasteiger charge is 2.52. The minimum absolute atomic E-state index is 0.0438. The molecule has 4 aliphatic rings. The Kier molecular flexibility index (Phi) is 8.39. The molecule has 1 saturated carbocycles. The third kappa shape index (κ3) is 6.57. The molecule has 3 saturated heterocycles. The molecule has 13 heteroatoms. The van der Waals surface area contributed by atoms with Crippen molar-refractivity contribution < 1.29 is 24.0 Å². The molecule has 2 aromatic heterocycles. The van der Waals surface area contributed by atoms with Crippen molar-refractivity contribution in [2.45, 2.75) is 57.0 Å². The van der Waals surface area contributed by atoms with Gasteiger partial charge >= 0.3 is 6.03 Å². The maximum atomic E-state index is 13.0. The second kappa shape index (κ2) is 12.8. The standard InChI is InChI=1S/C34H40N8O5/c43-29-18-34(32(46)39-29)11-15-41(21-34)33(47)37-26-9-13-40(14-10-26)16-12-35-30(44)23-4-1-3-22(17-23)27-20-42-19-24(7-8-28(42)38-27)31(45)36-25-5-2-6-25/h1,3-4,7-8,17,19-20,25-26H,2,5-6,9-16,18,21H2,(H,35,44)(H,36,45)(H,37,47)(H,39,43,46). The number of rotatable bonds is 8. The number of carbonyl (C=O) groups excluding carboxylic acids is 5. The van der Waals surface area contributed by atoms with Gasteiger partial charge in [-0.1, -0.05) is 12.1 Å². The number of likely N-dealkylation sites (tertiary alicyclic amines) is 2. The number of amides is 6. The highest BCUT2D eigenvalue weighted by Crippen LogP contribution is 2.37. The Labute approximate surface area is 272 Å². The predicted molar refractivity (Wildman–Crippen MR) is 172 cm³/mol. The average molecular weight is 641 g/mol. The third-order valence-electron chi connectivity index (χ3n) is 10.1. The van der Waals surface area contributed by atoms with Gasteiger partial charge in [-0.05, 0) is 62.8 Å². The molecule has 1 atom stereocenters. The summed E-state index contributed by atoms with van der Waals surface area (Å²) < 4.78 is 1.84. The fourth-order valence-corrected chi connectivity index (χ4v) is 6.97.